The maximum Gasteiger partial charge on any atom is 0.0716 e. The monoisotopic (exact) mass is 445 g/mol. The van der Waals surface area contributed by atoms with E-state index in [1.165, 1.54) is 39.2 Å². The van der Waals surface area contributed by atoms with Crippen LogP contribution in [0.3, 0.4) is 0 Å². The number of aryl methyl sites for hydroxylation is 2. The predicted molar refractivity (Wildman–Crippen MR) is 131 cm³/mol. The molecule has 2 unspecified atom stereocenters. The maximum atomic E-state index is 5.57. The van der Waals surface area contributed by atoms with Crippen molar-refractivity contribution in [2.24, 2.45) is 0 Å². The molecular weight excluding hydrogens is 410 g/mol. The summed E-state index contributed by atoms with van der Waals surface area (Å²) in [6, 6.07) is 15.5. The van der Waals surface area contributed by atoms with Crippen LogP contribution >= 0.6 is 0 Å². The normalized spacial score (nSPS) is 19.0. The standard InChI is InChI=1S/C28H35N3O2/c1-20-8-6-14-29-27(20)25-10-5-11-26(28-21(2)9-7-15-30-28)31(25)17-23-13-12-22(18-32-3)16-24(23)19-33-4/h6-9,12-16,25-26H,5,10-11,17-19H2,1-4H3. The molecule has 4 rings (SSSR count). The maximum absolute atomic E-state index is 5.57. The number of piperidine rings is 1. The molecule has 33 heavy (non-hydrogen) atoms. The number of hydrogen-bond donors (Lipinski definition) is 0. The molecule has 0 bridgehead atoms. The number of hydrogen-bond acceptors (Lipinski definition) is 5. The van der Waals surface area contributed by atoms with Gasteiger partial charge in [-0.1, -0.05) is 30.3 Å². The first kappa shape index (κ1) is 23.6. The first-order valence-corrected chi connectivity index (χ1v) is 11.8. The molecule has 0 amide bonds. The summed E-state index contributed by atoms with van der Waals surface area (Å²) in [4.78, 5) is 12.3. The topological polar surface area (TPSA) is 47.5 Å². The van der Waals surface area contributed by atoms with Crippen molar-refractivity contribution in [2.75, 3.05) is 14.2 Å². The lowest BCUT2D eigenvalue weighted by Crippen LogP contribution is -2.37. The molecule has 2 atom stereocenters. The lowest BCUT2D eigenvalue weighted by atomic mass is 9.88. The van der Waals surface area contributed by atoms with Crippen LogP contribution < -0.4 is 0 Å². The highest BCUT2D eigenvalue weighted by Gasteiger charge is 2.35. The van der Waals surface area contributed by atoms with Crippen molar-refractivity contribution in [3.63, 3.8) is 0 Å². The van der Waals surface area contributed by atoms with Gasteiger partial charge in [-0.15, -0.1) is 0 Å². The smallest absolute Gasteiger partial charge is 0.0716 e. The minimum atomic E-state index is 0.250. The van der Waals surface area contributed by atoms with Gasteiger partial charge in [-0.2, -0.15) is 0 Å². The molecule has 3 heterocycles. The SMILES string of the molecule is COCc1ccc(CN2C(c3ncccc3C)CCCC2c2ncccc2C)c(COC)c1. The quantitative estimate of drug-likeness (QED) is 0.435. The summed E-state index contributed by atoms with van der Waals surface area (Å²) in [5, 5.41) is 0. The van der Waals surface area contributed by atoms with Gasteiger partial charge in [-0.05, 0) is 73.1 Å². The Balaban J connectivity index is 1.76. The molecule has 5 heteroatoms. The van der Waals surface area contributed by atoms with Crippen LogP contribution in [0.1, 0.15) is 70.6 Å². The molecule has 0 N–H and O–H groups in total. The third kappa shape index (κ3) is 5.32. The van der Waals surface area contributed by atoms with Crippen LogP contribution in [0.4, 0.5) is 0 Å². The molecule has 1 saturated heterocycles. The Morgan fingerprint density at radius 2 is 1.42 bits per heavy atom. The molecule has 3 aromatic rings. The molecule has 1 aliphatic heterocycles. The average molecular weight is 446 g/mol. The number of likely N-dealkylation sites (tertiary alicyclic amines) is 1. The Kier molecular flexibility index (Phi) is 7.86. The van der Waals surface area contributed by atoms with E-state index in [1.54, 1.807) is 14.2 Å². The van der Waals surface area contributed by atoms with Crippen LogP contribution in [-0.2, 0) is 29.2 Å². The molecular formula is C28H35N3O2. The Hall–Kier alpha value is -2.60. The van der Waals surface area contributed by atoms with E-state index in [2.05, 4.69) is 49.1 Å². The van der Waals surface area contributed by atoms with Crippen molar-refractivity contribution < 1.29 is 9.47 Å². The fourth-order valence-electron chi connectivity index (χ4n) is 5.13. The number of aromatic nitrogens is 2. The summed E-state index contributed by atoms with van der Waals surface area (Å²) in [5.74, 6) is 0. The molecule has 1 fully saturated rings. The van der Waals surface area contributed by atoms with E-state index in [0.29, 0.717) is 13.2 Å². The Labute approximate surface area is 197 Å². The number of rotatable bonds is 8. The van der Waals surface area contributed by atoms with Crippen molar-refractivity contribution >= 4 is 0 Å². The minimum absolute atomic E-state index is 0.250. The first-order valence-electron chi connectivity index (χ1n) is 11.8. The van der Waals surface area contributed by atoms with Crippen LogP contribution in [0.2, 0.25) is 0 Å². The summed E-state index contributed by atoms with van der Waals surface area (Å²) >= 11 is 0. The van der Waals surface area contributed by atoms with E-state index in [1.807, 2.05) is 24.5 Å². The number of ether oxygens (including phenoxy) is 2. The van der Waals surface area contributed by atoms with Crippen LogP contribution in [0.15, 0.2) is 54.9 Å². The van der Waals surface area contributed by atoms with Gasteiger partial charge in [0, 0.05) is 33.2 Å². The number of benzene rings is 1. The van der Waals surface area contributed by atoms with E-state index in [0.717, 1.165) is 25.8 Å². The summed E-state index contributed by atoms with van der Waals surface area (Å²) in [7, 11) is 3.49. The van der Waals surface area contributed by atoms with E-state index in [4.69, 9.17) is 19.4 Å². The van der Waals surface area contributed by atoms with Gasteiger partial charge in [0.15, 0.2) is 0 Å². The van der Waals surface area contributed by atoms with E-state index in [9.17, 15) is 0 Å². The van der Waals surface area contributed by atoms with Crippen molar-refractivity contribution in [1.82, 2.24) is 14.9 Å². The number of pyridine rings is 2. The highest BCUT2D eigenvalue weighted by atomic mass is 16.5. The second-order valence-electron chi connectivity index (χ2n) is 9.02. The van der Waals surface area contributed by atoms with Gasteiger partial charge in [0.2, 0.25) is 0 Å². The van der Waals surface area contributed by atoms with Gasteiger partial charge >= 0.3 is 0 Å². The fraction of sp³-hybridized carbons (Fsp3) is 0.429. The summed E-state index contributed by atoms with van der Waals surface area (Å²) in [5.41, 5.74) is 8.53. The van der Waals surface area contributed by atoms with Crippen molar-refractivity contribution in [3.05, 3.63) is 94.1 Å². The summed E-state index contributed by atoms with van der Waals surface area (Å²) in [6.45, 7) is 6.36. The molecule has 174 valence electrons. The molecule has 0 saturated carbocycles. The zero-order chi connectivity index (χ0) is 23.2. The molecule has 0 radical (unpaired) electrons. The van der Waals surface area contributed by atoms with Crippen molar-refractivity contribution in [3.8, 4) is 0 Å². The molecule has 5 nitrogen and oxygen atoms in total. The average Bonchev–Trinajstić information content (AvgIpc) is 2.82. The fourth-order valence-corrected chi connectivity index (χ4v) is 5.13. The van der Waals surface area contributed by atoms with Gasteiger partial charge in [-0.3, -0.25) is 14.9 Å². The van der Waals surface area contributed by atoms with Crippen molar-refractivity contribution in [2.45, 2.75) is 65.0 Å². The van der Waals surface area contributed by atoms with Gasteiger partial charge < -0.3 is 9.47 Å². The van der Waals surface area contributed by atoms with E-state index < -0.39 is 0 Å². The second-order valence-corrected chi connectivity index (χ2v) is 9.02. The highest BCUT2D eigenvalue weighted by molar-refractivity contribution is 5.33. The summed E-state index contributed by atoms with van der Waals surface area (Å²) in [6.07, 6.45) is 7.21. The van der Waals surface area contributed by atoms with Gasteiger partial charge in [0.1, 0.15) is 0 Å². The largest absolute Gasteiger partial charge is 0.380 e. The van der Waals surface area contributed by atoms with Gasteiger partial charge in [0.25, 0.3) is 0 Å². The molecule has 0 spiro atoms. The highest BCUT2D eigenvalue weighted by Crippen LogP contribution is 2.43. The van der Waals surface area contributed by atoms with Gasteiger partial charge in [0.05, 0.1) is 36.7 Å². The molecule has 2 aromatic heterocycles. The number of nitrogens with zero attached hydrogens (tertiary/aromatic N) is 3. The lowest BCUT2D eigenvalue weighted by Gasteiger charge is -2.43. The molecule has 1 aliphatic rings. The first-order chi connectivity index (χ1) is 16.1. The van der Waals surface area contributed by atoms with Crippen molar-refractivity contribution in [1.29, 1.82) is 0 Å². The van der Waals surface area contributed by atoms with E-state index >= 15 is 0 Å². The number of methoxy groups -OCH3 is 2. The van der Waals surface area contributed by atoms with Crippen LogP contribution in [-0.4, -0.2) is 29.1 Å². The van der Waals surface area contributed by atoms with Gasteiger partial charge in [-0.25, -0.2) is 0 Å². The second kappa shape index (κ2) is 11.0. The third-order valence-corrected chi connectivity index (χ3v) is 6.72. The van der Waals surface area contributed by atoms with Crippen LogP contribution in [0.25, 0.3) is 0 Å². The lowest BCUT2D eigenvalue weighted by molar-refractivity contribution is 0.0668. The van der Waals surface area contributed by atoms with E-state index in [-0.39, 0.29) is 12.1 Å². The zero-order valence-corrected chi connectivity index (χ0v) is 20.3. The third-order valence-electron chi connectivity index (χ3n) is 6.72. The minimum Gasteiger partial charge on any atom is -0.380 e. The Bertz CT molecular complexity index is 1020. The van der Waals surface area contributed by atoms with Crippen LogP contribution in [0, 0.1) is 13.8 Å². The Morgan fingerprint density at radius 3 is 1.97 bits per heavy atom. The molecule has 0 aliphatic carbocycles. The van der Waals surface area contributed by atoms with Crippen LogP contribution in [0.5, 0.6) is 0 Å². The molecule has 1 aromatic carbocycles. The summed E-state index contributed by atoms with van der Waals surface area (Å²) < 4.78 is 10.9. The predicted octanol–water partition coefficient (Wildman–Crippen LogP) is 5.85. The Morgan fingerprint density at radius 1 is 0.818 bits per heavy atom. The zero-order valence-electron chi connectivity index (χ0n) is 20.3.